The topological polar surface area (TPSA) is 74.6 Å². The van der Waals surface area contributed by atoms with Crippen LogP contribution in [0, 0.1) is 0 Å². The molecule has 1 aromatic carbocycles. The van der Waals surface area contributed by atoms with Crippen LogP contribution in [0.1, 0.15) is 0 Å². The number of rotatable bonds is 0. The Labute approximate surface area is 92.1 Å². The zero-order chi connectivity index (χ0) is 13.0. The molecular weight excluding hydrogens is 268 g/mol. The average Bonchev–Trinajstić information content (AvgIpc) is 2.08. The SMILES string of the molecule is O=S(=O)(O)C(F)(F)F.Oc1ccc(P)cc1. The van der Waals surface area contributed by atoms with Crippen molar-refractivity contribution in [2.45, 2.75) is 5.51 Å². The molecule has 0 saturated heterocycles. The maximum Gasteiger partial charge on any atom is 0.522 e. The van der Waals surface area contributed by atoms with Gasteiger partial charge in [-0.25, -0.2) is 0 Å². The van der Waals surface area contributed by atoms with Crippen molar-refractivity contribution >= 4 is 24.7 Å². The van der Waals surface area contributed by atoms with Gasteiger partial charge < -0.3 is 5.11 Å². The Morgan fingerprint density at radius 2 is 1.44 bits per heavy atom. The molecule has 0 amide bonds. The first-order chi connectivity index (χ1) is 7.04. The molecule has 9 heteroatoms. The van der Waals surface area contributed by atoms with Crippen molar-refractivity contribution < 1.29 is 31.2 Å². The van der Waals surface area contributed by atoms with Gasteiger partial charge in [0.25, 0.3) is 0 Å². The summed E-state index contributed by atoms with van der Waals surface area (Å²) in [5, 5.41) is 9.83. The van der Waals surface area contributed by atoms with E-state index in [0.29, 0.717) is 5.75 Å². The van der Waals surface area contributed by atoms with Crippen LogP contribution in [0.4, 0.5) is 13.2 Å². The summed E-state index contributed by atoms with van der Waals surface area (Å²) < 4.78 is 57.5. The van der Waals surface area contributed by atoms with Crippen LogP contribution in [0.2, 0.25) is 0 Å². The van der Waals surface area contributed by atoms with Crippen LogP contribution in [0.5, 0.6) is 5.75 Å². The maximum atomic E-state index is 10.7. The lowest BCUT2D eigenvalue weighted by atomic mass is 10.3. The number of benzene rings is 1. The highest BCUT2D eigenvalue weighted by molar-refractivity contribution is 7.86. The van der Waals surface area contributed by atoms with E-state index in [1.807, 2.05) is 12.1 Å². The van der Waals surface area contributed by atoms with Gasteiger partial charge in [0.05, 0.1) is 0 Å². The summed E-state index contributed by atoms with van der Waals surface area (Å²) in [6, 6.07) is 6.98. The van der Waals surface area contributed by atoms with Gasteiger partial charge in [0.15, 0.2) is 0 Å². The highest BCUT2D eigenvalue weighted by Gasteiger charge is 2.44. The monoisotopic (exact) mass is 276 g/mol. The lowest BCUT2D eigenvalue weighted by molar-refractivity contribution is -0.0510. The van der Waals surface area contributed by atoms with Gasteiger partial charge in [0.2, 0.25) is 0 Å². The molecule has 1 aromatic rings. The molecular formula is C7H8F3O4PS. The first kappa shape index (κ1) is 15.2. The Balaban J connectivity index is 0.000000281. The third-order valence-corrected chi connectivity index (χ3v) is 2.16. The summed E-state index contributed by atoms with van der Waals surface area (Å²) in [5.74, 6) is 0.316. The van der Waals surface area contributed by atoms with Gasteiger partial charge in [-0.3, -0.25) is 4.55 Å². The first-order valence-electron chi connectivity index (χ1n) is 3.62. The third kappa shape index (κ3) is 5.89. The minimum absolute atomic E-state index is 0.316. The largest absolute Gasteiger partial charge is 0.522 e. The molecule has 2 N–H and O–H groups in total. The van der Waals surface area contributed by atoms with E-state index in [1.54, 1.807) is 12.1 Å². The molecule has 16 heavy (non-hydrogen) atoms. The second-order valence-electron chi connectivity index (χ2n) is 2.51. The number of aromatic hydroxyl groups is 1. The van der Waals surface area contributed by atoms with Gasteiger partial charge in [0.1, 0.15) is 5.75 Å². The molecule has 0 bridgehead atoms. The Bertz CT molecular complexity index is 405. The number of phenols is 1. The smallest absolute Gasteiger partial charge is 0.508 e. The predicted octanol–water partition coefficient (Wildman–Crippen LogP) is 1.29. The summed E-state index contributed by atoms with van der Waals surface area (Å²) in [6.45, 7) is 0. The highest BCUT2D eigenvalue weighted by atomic mass is 32.2. The molecule has 0 radical (unpaired) electrons. The molecule has 0 spiro atoms. The molecule has 1 unspecified atom stereocenters. The average molecular weight is 276 g/mol. The van der Waals surface area contributed by atoms with E-state index in [-0.39, 0.29) is 0 Å². The van der Waals surface area contributed by atoms with E-state index < -0.39 is 15.6 Å². The van der Waals surface area contributed by atoms with Crippen LogP contribution < -0.4 is 5.30 Å². The molecule has 0 aromatic heterocycles. The highest BCUT2D eigenvalue weighted by Crippen LogP contribution is 2.20. The van der Waals surface area contributed by atoms with E-state index in [4.69, 9.17) is 18.1 Å². The fourth-order valence-electron chi connectivity index (χ4n) is 0.474. The normalized spacial score (nSPS) is 11.6. The van der Waals surface area contributed by atoms with Gasteiger partial charge in [-0.15, -0.1) is 9.24 Å². The van der Waals surface area contributed by atoms with Crippen molar-refractivity contribution in [3.05, 3.63) is 24.3 Å². The van der Waals surface area contributed by atoms with Gasteiger partial charge in [-0.2, -0.15) is 21.6 Å². The molecule has 0 aliphatic carbocycles. The van der Waals surface area contributed by atoms with E-state index in [1.165, 1.54) is 0 Å². The van der Waals surface area contributed by atoms with Gasteiger partial charge in [-0.05, 0) is 17.4 Å². The van der Waals surface area contributed by atoms with E-state index in [2.05, 4.69) is 9.24 Å². The maximum absolute atomic E-state index is 10.7. The molecule has 0 saturated carbocycles. The molecule has 1 atom stereocenters. The van der Waals surface area contributed by atoms with Crippen molar-refractivity contribution in [3.8, 4) is 5.75 Å². The van der Waals surface area contributed by atoms with Gasteiger partial charge in [-0.1, -0.05) is 12.1 Å². The van der Waals surface area contributed by atoms with Crippen molar-refractivity contribution in [1.29, 1.82) is 0 Å². The minimum Gasteiger partial charge on any atom is -0.508 e. The zero-order valence-corrected chi connectivity index (χ0v) is 9.61. The Kier molecular flexibility index (Phi) is 5.18. The molecule has 1 rings (SSSR count). The number of halogens is 3. The van der Waals surface area contributed by atoms with Gasteiger partial charge in [0, 0.05) is 0 Å². The molecule has 0 heterocycles. The second kappa shape index (κ2) is 5.47. The van der Waals surface area contributed by atoms with E-state index >= 15 is 0 Å². The third-order valence-electron chi connectivity index (χ3n) is 1.19. The Morgan fingerprint density at radius 1 is 1.12 bits per heavy atom. The fraction of sp³-hybridized carbons (Fsp3) is 0.143. The predicted molar refractivity (Wildman–Crippen MR) is 55.1 cm³/mol. The van der Waals surface area contributed by atoms with Crippen LogP contribution in [-0.2, 0) is 10.1 Å². The molecule has 92 valence electrons. The molecule has 0 fully saturated rings. The number of phenolic OH excluding ortho intramolecular Hbond substituents is 1. The number of hydrogen-bond acceptors (Lipinski definition) is 3. The summed E-state index contributed by atoms with van der Waals surface area (Å²) in [4.78, 5) is 0. The van der Waals surface area contributed by atoms with Crippen molar-refractivity contribution in [2.24, 2.45) is 0 Å². The van der Waals surface area contributed by atoms with Crippen LogP contribution in [0.3, 0.4) is 0 Å². The van der Waals surface area contributed by atoms with Crippen LogP contribution in [-0.4, -0.2) is 23.6 Å². The number of hydrogen-bond donors (Lipinski definition) is 2. The minimum atomic E-state index is -5.84. The van der Waals surface area contributed by atoms with Crippen LogP contribution in [0.25, 0.3) is 0 Å². The van der Waals surface area contributed by atoms with Gasteiger partial charge >= 0.3 is 15.6 Å². The van der Waals surface area contributed by atoms with Crippen LogP contribution >= 0.6 is 9.24 Å². The summed E-state index contributed by atoms with van der Waals surface area (Å²) in [5.41, 5.74) is -5.53. The lowest BCUT2D eigenvalue weighted by Gasteiger charge is -1.97. The zero-order valence-electron chi connectivity index (χ0n) is 7.64. The van der Waals surface area contributed by atoms with Crippen LogP contribution in [0.15, 0.2) is 24.3 Å². The first-order valence-corrected chi connectivity index (χ1v) is 5.64. The van der Waals surface area contributed by atoms with E-state index in [0.717, 1.165) is 5.30 Å². The molecule has 0 aliphatic rings. The number of alkyl halides is 3. The quantitative estimate of drug-likeness (QED) is 0.425. The summed E-state index contributed by atoms with van der Waals surface area (Å²) >= 11 is 0. The summed E-state index contributed by atoms with van der Waals surface area (Å²) in [6.07, 6.45) is 0. The fourth-order valence-corrected chi connectivity index (χ4v) is 0.667. The van der Waals surface area contributed by atoms with E-state index in [9.17, 15) is 13.2 Å². The molecule has 4 nitrogen and oxygen atoms in total. The Morgan fingerprint density at radius 3 is 1.62 bits per heavy atom. The lowest BCUT2D eigenvalue weighted by Crippen LogP contribution is -2.21. The second-order valence-corrected chi connectivity index (χ2v) is 4.59. The summed E-state index contributed by atoms with van der Waals surface area (Å²) in [7, 11) is -3.30. The van der Waals surface area contributed by atoms with Crippen molar-refractivity contribution in [2.75, 3.05) is 0 Å². The van der Waals surface area contributed by atoms with Crippen molar-refractivity contribution in [3.63, 3.8) is 0 Å². The van der Waals surface area contributed by atoms with Crippen molar-refractivity contribution in [1.82, 2.24) is 0 Å². The standard InChI is InChI=1S/C6H7OP.CHF3O3S/c7-5-1-3-6(8)4-2-5;2-1(3,4)8(5,6)7/h1-4,7H,8H2;(H,5,6,7). The molecule has 0 aliphatic heterocycles. The Hall–Kier alpha value is -0.850.